The summed E-state index contributed by atoms with van der Waals surface area (Å²) in [5, 5.41) is 0. The van der Waals surface area contributed by atoms with Gasteiger partial charge in [0.2, 0.25) is 0 Å². The highest BCUT2D eigenvalue weighted by Gasteiger charge is 2.13. The molecule has 0 aliphatic rings. The molecule has 0 radical (unpaired) electrons. The van der Waals surface area contributed by atoms with E-state index in [0.29, 0.717) is 5.75 Å². The number of ether oxygens (including phenoxy) is 3. The zero-order valence-corrected chi connectivity index (χ0v) is 12.9. The molecular weight excluding hydrogens is 282 g/mol. The summed E-state index contributed by atoms with van der Waals surface area (Å²) in [6.45, 7) is 1.84. The number of nitrogens with two attached hydrogens (primary N) is 1. The Balaban J connectivity index is 2.37. The monoisotopic (exact) mass is 301 g/mol. The lowest BCUT2D eigenvalue weighted by atomic mass is 10.0. The molecule has 0 aliphatic heterocycles. The number of primary amides is 1. The average Bonchev–Trinajstić information content (AvgIpc) is 2.52. The molecule has 0 aromatic heterocycles. The fourth-order valence-corrected chi connectivity index (χ4v) is 2.20. The number of amides is 1. The summed E-state index contributed by atoms with van der Waals surface area (Å²) >= 11 is 0. The molecule has 0 saturated heterocycles. The van der Waals surface area contributed by atoms with Crippen LogP contribution in [0.3, 0.4) is 0 Å². The molecule has 2 N–H and O–H groups in total. The summed E-state index contributed by atoms with van der Waals surface area (Å²) in [5.74, 6) is 1.55. The van der Waals surface area contributed by atoms with Gasteiger partial charge in [-0.05, 0) is 42.3 Å². The minimum atomic E-state index is -0.508. The van der Waals surface area contributed by atoms with Crippen molar-refractivity contribution in [3.63, 3.8) is 0 Å². The molecule has 1 amide bonds. The third-order valence-electron chi connectivity index (χ3n) is 3.17. The van der Waals surface area contributed by atoms with Gasteiger partial charge in [0.1, 0.15) is 17.2 Å². The van der Waals surface area contributed by atoms with Crippen molar-refractivity contribution >= 4 is 5.91 Å². The number of methoxy groups -OCH3 is 2. The molecule has 2 aromatic carbocycles. The van der Waals surface area contributed by atoms with Crippen molar-refractivity contribution in [3.8, 4) is 28.4 Å². The van der Waals surface area contributed by atoms with Gasteiger partial charge in [-0.1, -0.05) is 12.1 Å². The quantitative estimate of drug-likeness (QED) is 0.890. The maximum Gasteiger partial charge on any atom is 0.255 e. The van der Waals surface area contributed by atoms with Crippen LogP contribution in [0.4, 0.5) is 0 Å². The van der Waals surface area contributed by atoms with Crippen molar-refractivity contribution < 1.29 is 19.0 Å². The highest BCUT2D eigenvalue weighted by Crippen LogP contribution is 2.39. The van der Waals surface area contributed by atoms with Crippen molar-refractivity contribution in [1.29, 1.82) is 0 Å². The van der Waals surface area contributed by atoms with E-state index in [0.717, 1.165) is 28.2 Å². The molecule has 0 atom stereocenters. The molecule has 0 heterocycles. The topological polar surface area (TPSA) is 70.8 Å². The molecule has 2 aromatic rings. The molecule has 0 spiro atoms. The van der Waals surface area contributed by atoms with Gasteiger partial charge in [-0.3, -0.25) is 4.79 Å². The second-order valence-electron chi connectivity index (χ2n) is 4.82. The molecule has 0 fully saturated rings. The maximum atomic E-state index is 10.7. The minimum Gasteiger partial charge on any atom is -0.496 e. The molecule has 22 heavy (non-hydrogen) atoms. The van der Waals surface area contributed by atoms with Crippen molar-refractivity contribution in [2.24, 2.45) is 5.73 Å². The largest absolute Gasteiger partial charge is 0.496 e. The molecule has 0 bridgehead atoms. The van der Waals surface area contributed by atoms with E-state index >= 15 is 0 Å². The van der Waals surface area contributed by atoms with E-state index in [1.165, 1.54) is 0 Å². The Hall–Kier alpha value is -2.69. The van der Waals surface area contributed by atoms with Crippen LogP contribution in [0.1, 0.15) is 5.56 Å². The van der Waals surface area contributed by atoms with Crippen molar-refractivity contribution in [2.75, 3.05) is 20.8 Å². The first kappa shape index (κ1) is 15.7. The van der Waals surface area contributed by atoms with E-state index in [9.17, 15) is 4.79 Å². The van der Waals surface area contributed by atoms with Crippen LogP contribution in [-0.2, 0) is 4.79 Å². The zero-order valence-electron chi connectivity index (χ0n) is 12.9. The van der Waals surface area contributed by atoms with Crippen molar-refractivity contribution in [1.82, 2.24) is 0 Å². The average molecular weight is 301 g/mol. The smallest absolute Gasteiger partial charge is 0.255 e. The van der Waals surface area contributed by atoms with E-state index in [-0.39, 0.29) is 6.61 Å². The first-order valence-electron chi connectivity index (χ1n) is 6.79. The number of rotatable bonds is 6. The van der Waals surface area contributed by atoms with Gasteiger partial charge in [-0.2, -0.15) is 0 Å². The van der Waals surface area contributed by atoms with E-state index in [4.69, 9.17) is 19.9 Å². The van der Waals surface area contributed by atoms with Gasteiger partial charge in [0.25, 0.3) is 5.91 Å². The van der Waals surface area contributed by atoms with Crippen LogP contribution in [0.5, 0.6) is 17.2 Å². The van der Waals surface area contributed by atoms with Gasteiger partial charge >= 0.3 is 0 Å². The summed E-state index contributed by atoms with van der Waals surface area (Å²) in [5.41, 5.74) is 7.91. The number of aryl methyl sites for hydroxylation is 1. The standard InChI is InChI=1S/C17H19NO4/c1-11-8-14(20-2)17(15(9-11)21-3)12-4-6-13(7-5-12)22-10-16(18)19/h4-9H,10H2,1-3H3,(H2,18,19). The Bertz CT molecular complexity index is 640. The van der Waals surface area contributed by atoms with Gasteiger partial charge in [0.05, 0.1) is 19.8 Å². The minimum absolute atomic E-state index is 0.142. The lowest BCUT2D eigenvalue weighted by Gasteiger charge is -2.15. The van der Waals surface area contributed by atoms with Crippen LogP contribution < -0.4 is 19.9 Å². The van der Waals surface area contributed by atoms with E-state index in [1.807, 2.05) is 31.2 Å². The first-order valence-corrected chi connectivity index (χ1v) is 6.79. The third-order valence-corrected chi connectivity index (χ3v) is 3.17. The molecular formula is C17H19NO4. The predicted molar refractivity (Wildman–Crippen MR) is 84.4 cm³/mol. The molecule has 2 rings (SSSR count). The molecule has 5 heteroatoms. The van der Waals surface area contributed by atoms with Crippen molar-refractivity contribution in [3.05, 3.63) is 42.0 Å². The van der Waals surface area contributed by atoms with Crippen LogP contribution in [0, 0.1) is 6.92 Å². The van der Waals surface area contributed by atoms with Crippen LogP contribution in [0.2, 0.25) is 0 Å². The van der Waals surface area contributed by atoms with E-state index < -0.39 is 5.91 Å². The van der Waals surface area contributed by atoms with Crippen LogP contribution in [0.25, 0.3) is 11.1 Å². The van der Waals surface area contributed by atoms with Gasteiger partial charge in [-0.25, -0.2) is 0 Å². The second kappa shape index (κ2) is 6.85. The van der Waals surface area contributed by atoms with Gasteiger partial charge in [0, 0.05) is 0 Å². The molecule has 0 saturated carbocycles. The maximum absolute atomic E-state index is 10.7. The van der Waals surface area contributed by atoms with Crippen molar-refractivity contribution in [2.45, 2.75) is 6.92 Å². The summed E-state index contributed by atoms with van der Waals surface area (Å²) in [6, 6.07) is 11.2. The van der Waals surface area contributed by atoms with Gasteiger partial charge in [-0.15, -0.1) is 0 Å². The fraction of sp³-hybridized carbons (Fsp3) is 0.235. The summed E-state index contributed by atoms with van der Waals surface area (Å²) in [6.07, 6.45) is 0. The lowest BCUT2D eigenvalue weighted by molar-refractivity contribution is -0.119. The van der Waals surface area contributed by atoms with E-state index in [1.54, 1.807) is 26.4 Å². The Morgan fingerprint density at radius 3 is 2.05 bits per heavy atom. The zero-order chi connectivity index (χ0) is 16.1. The van der Waals surface area contributed by atoms with Gasteiger partial charge < -0.3 is 19.9 Å². The lowest BCUT2D eigenvalue weighted by Crippen LogP contribution is -2.19. The second-order valence-corrected chi connectivity index (χ2v) is 4.82. The van der Waals surface area contributed by atoms with E-state index in [2.05, 4.69) is 0 Å². The first-order chi connectivity index (χ1) is 10.5. The molecule has 116 valence electrons. The van der Waals surface area contributed by atoms with Crippen LogP contribution in [0.15, 0.2) is 36.4 Å². The Morgan fingerprint density at radius 1 is 1.05 bits per heavy atom. The summed E-state index contributed by atoms with van der Waals surface area (Å²) in [7, 11) is 3.25. The normalized spacial score (nSPS) is 10.1. The number of carbonyl (C=O) groups excluding carboxylic acids is 1. The molecule has 0 aliphatic carbocycles. The summed E-state index contributed by atoms with van der Waals surface area (Å²) in [4.78, 5) is 10.7. The highest BCUT2D eigenvalue weighted by molar-refractivity contribution is 5.78. The van der Waals surface area contributed by atoms with Crippen LogP contribution in [-0.4, -0.2) is 26.7 Å². The predicted octanol–water partition coefficient (Wildman–Crippen LogP) is 2.54. The molecule has 0 unspecified atom stereocenters. The third kappa shape index (κ3) is 3.49. The fourth-order valence-electron chi connectivity index (χ4n) is 2.20. The van der Waals surface area contributed by atoms with Crippen LogP contribution >= 0.6 is 0 Å². The highest BCUT2D eigenvalue weighted by atomic mass is 16.5. The number of hydrogen-bond acceptors (Lipinski definition) is 4. The Kier molecular flexibility index (Phi) is 4.88. The number of hydrogen-bond donors (Lipinski definition) is 1. The molecule has 5 nitrogen and oxygen atoms in total. The Morgan fingerprint density at radius 2 is 1.59 bits per heavy atom. The SMILES string of the molecule is COc1cc(C)cc(OC)c1-c1ccc(OCC(N)=O)cc1. The Labute approximate surface area is 129 Å². The summed E-state index contributed by atoms with van der Waals surface area (Å²) < 4.78 is 16.2. The van der Waals surface area contributed by atoms with Gasteiger partial charge in [0.15, 0.2) is 6.61 Å². The number of carbonyl (C=O) groups is 1. The number of benzene rings is 2.